The molecule has 0 radical (unpaired) electrons. The van der Waals surface area contributed by atoms with Crippen LogP contribution in [0.1, 0.15) is 59.0 Å². The zero-order valence-corrected chi connectivity index (χ0v) is 21.4. The Balaban J connectivity index is 1.39. The van der Waals surface area contributed by atoms with Gasteiger partial charge in [-0.05, 0) is 25.0 Å². The number of amides is 2. The molecule has 5 rings (SSSR count). The first-order chi connectivity index (χ1) is 18.2. The second kappa shape index (κ2) is 11.6. The van der Waals surface area contributed by atoms with Crippen LogP contribution in [0.15, 0.2) is 60.9 Å². The predicted molar refractivity (Wildman–Crippen MR) is 143 cm³/mol. The van der Waals surface area contributed by atoms with Crippen LogP contribution in [0.3, 0.4) is 0 Å². The fourth-order valence-electron chi connectivity index (χ4n) is 5.52. The number of carbonyl (C=O) groups excluding carboxylic acids is 2. The number of piperazine rings is 1. The summed E-state index contributed by atoms with van der Waals surface area (Å²) in [6.07, 6.45) is 7.73. The molecule has 3 aromatic rings. The molecular formula is C29H35N5O3. The molecule has 8 nitrogen and oxygen atoms in total. The standard InChI is InChI=1S/C29H35N5O3/c1-37-25-15-9-8-14-24(25)28(35)31-19-23-18-30-16-17-33(23)29(36)26-27(21-10-4-2-5-11-21)34(20-32-26)22-12-6-3-7-13-22/h2,4-5,8-11,14-15,20,22-23,30H,3,6-7,12-13,16-19H2,1H3,(H,31,35)/t23-/m0/s1. The van der Waals surface area contributed by atoms with Crippen LogP contribution in [0.2, 0.25) is 0 Å². The molecule has 2 amide bonds. The van der Waals surface area contributed by atoms with Gasteiger partial charge in [-0.1, -0.05) is 61.7 Å². The topological polar surface area (TPSA) is 88.5 Å². The first-order valence-electron chi connectivity index (χ1n) is 13.2. The van der Waals surface area contributed by atoms with Gasteiger partial charge in [-0.2, -0.15) is 0 Å². The highest BCUT2D eigenvalue weighted by Crippen LogP contribution is 2.34. The fourth-order valence-corrected chi connectivity index (χ4v) is 5.52. The van der Waals surface area contributed by atoms with Crippen molar-refractivity contribution in [1.82, 2.24) is 25.1 Å². The van der Waals surface area contributed by atoms with Crippen molar-refractivity contribution in [2.24, 2.45) is 0 Å². The normalized spacial score (nSPS) is 18.4. The first kappa shape index (κ1) is 25.0. The number of hydrogen-bond donors (Lipinski definition) is 2. The third-order valence-electron chi connectivity index (χ3n) is 7.47. The van der Waals surface area contributed by atoms with Crippen molar-refractivity contribution in [2.75, 3.05) is 33.3 Å². The Morgan fingerprint density at radius 2 is 1.81 bits per heavy atom. The van der Waals surface area contributed by atoms with Crippen LogP contribution in [-0.2, 0) is 0 Å². The van der Waals surface area contributed by atoms with Gasteiger partial charge in [-0.3, -0.25) is 9.59 Å². The largest absolute Gasteiger partial charge is 0.496 e. The molecule has 194 valence electrons. The Hall–Kier alpha value is -3.65. The van der Waals surface area contributed by atoms with E-state index < -0.39 is 0 Å². The molecule has 1 aromatic heterocycles. The lowest BCUT2D eigenvalue weighted by atomic mass is 9.94. The number of hydrogen-bond acceptors (Lipinski definition) is 5. The van der Waals surface area contributed by atoms with Crippen molar-refractivity contribution < 1.29 is 14.3 Å². The van der Waals surface area contributed by atoms with Gasteiger partial charge in [0.15, 0.2) is 5.69 Å². The molecule has 0 spiro atoms. The summed E-state index contributed by atoms with van der Waals surface area (Å²) in [6, 6.07) is 17.4. The van der Waals surface area contributed by atoms with Crippen molar-refractivity contribution in [3.05, 3.63) is 72.2 Å². The highest BCUT2D eigenvalue weighted by Gasteiger charge is 2.32. The van der Waals surface area contributed by atoms with Crippen molar-refractivity contribution in [1.29, 1.82) is 0 Å². The predicted octanol–water partition coefficient (Wildman–Crippen LogP) is 3.91. The van der Waals surface area contributed by atoms with E-state index in [2.05, 4.69) is 27.3 Å². The van der Waals surface area contributed by atoms with Gasteiger partial charge in [0.1, 0.15) is 5.75 Å². The number of nitrogens with one attached hydrogen (secondary N) is 2. The van der Waals surface area contributed by atoms with Gasteiger partial charge in [0.2, 0.25) is 0 Å². The number of imidazole rings is 1. The summed E-state index contributed by atoms with van der Waals surface area (Å²) >= 11 is 0. The third kappa shape index (κ3) is 5.39. The molecule has 2 fully saturated rings. The first-order valence-corrected chi connectivity index (χ1v) is 13.2. The summed E-state index contributed by atoms with van der Waals surface area (Å²) in [5.41, 5.74) is 2.86. The maximum atomic E-state index is 14.0. The van der Waals surface area contributed by atoms with Gasteiger partial charge in [0.25, 0.3) is 11.8 Å². The Kier molecular flexibility index (Phi) is 7.84. The van der Waals surface area contributed by atoms with Gasteiger partial charge >= 0.3 is 0 Å². The molecular weight excluding hydrogens is 466 g/mol. The minimum atomic E-state index is -0.220. The molecule has 0 unspecified atom stereocenters. The molecule has 1 aliphatic carbocycles. The van der Waals surface area contributed by atoms with Crippen LogP contribution in [0.5, 0.6) is 5.75 Å². The molecule has 1 aliphatic heterocycles. The van der Waals surface area contributed by atoms with E-state index in [9.17, 15) is 9.59 Å². The van der Waals surface area contributed by atoms with E-state index in [0.29, 0.717) is 49.2 Å². The zero-order chi connectivity index (χ0) is 25.6. The Labute approximate surface area is 218 Å². The molecule has 0 bridgehead atoms. The Bertz CT molecular complexity index is 1220. The molecule has 8 heteroatoms. The lowest BCUT2D eigenvalue weighted by Gasteiger charge is -2.36. The number of para-hydroxylation sites is 1. The molecule has 1 saturated carbocycles. The minimum Gasteiger partial charge on any atom is -0.496 e. The quantitative estimate of drug-likeness (QED) is 0.513. The highest BCUT2D eigenvalue weighted by molar-refractivity contribution is 5.99. The Morgan fingerprint density at radius 1 is 1.05 bits per heavy atom. The summed E-state index contributed by atoms with van der Waals surface area (Å²) in [4.78, 5) is 33.5. The summed E-state index contributed by atoms with van der Waals surface area (Å²) in [7, 11) is 1.55. The van der Waals surface area contributed by atoms with E-state index in [-0.39, 0.29) is 17.9 Å². The summed E-state index contributed by atoms with van der Waals surface area (Å²) in [6.45, 7) is 2.19. The summed E-state index contributed by atoms with van der Waals surface area (Å²) < 4.78 is 7.56. The molecule has 2 aliphatic rings. The lowest BCUT2D eigenvalue weighted by molar-refractivity contribution is 0.0620. The average Bonchev–Trinajstić information content (AvgIpc) is 3.42. The second-order valence-corrected chi connectivity index (χ2v) is 9.77. The van der Waals surface area contributed by atoms with E-state index in [1.54, 1.807) is 19.2 Å². The molecule has 1 saturated heterocycles. The van der Waals surface area contributed by atoms with Crippen LogP contribution >= 0.6 is 0 Å². The molecule has 2 aromatic carbocycles. The maximum Gasteiger partial charge on any atom is 0.275 e. The third-order valence-corrected chi connectivity index (χ3v) is 7.47. The number of aromatic nitrogens is 2. The van der Waals surface area contributed by atoms with Crippen molar-refractivity contribution in [3.63, 3.8) is 0 Å². The fraction of sp³-hybridized carbons (Fsp3) is 0.414. The van der Waals surface area contributed by atoms with E-state index in [1.807, 2.05) is 41.6 Å². The van der Waals surface area contributed by atoms with Crippen LogP contribution in [0.4, 0.5) is 0 Å². The van der Waals surface area contributed by atoms with E-state index in [4.69, 9.17) is 9.72 Å². The molecule has 37 heavy (non-hydrogen) atoms. The second-order valence-electron chi connectivity index (χ2n) is 9.77. The summed E-state index contributed by atoms with van der Waals surface area (Å²) in [5, 5.41) is 6.37. The van der Waals surface area contributed by atoms with Gasteiger partial charge in [0, 0.05) is 37.8 Å². The van der Waals surface area contributed by atoms with Gasteiger partial charge < -0.3 is 24.8 Å². The SMILES string of the molecule is COc1ccccc1C(=O)NC[C@@H]1CNCCN1C(=O)c1ncn(C2CCCCC2)c1-c1ccccc1. The number of benzene rings is 2. The van der Waals surface area contributed by atoms with Crippen molar-refractivity contribution in [2.45, 2.75) is 44.2 Å². The number of nitrogens with zero attached hydrogens (tertiary/aromatic N) is 3. The number of rotatable bonds is 7. The summed E-state index contributed by atoms with van der Waals surface area (Å²) in [5.74, 6) is 0.212. The van der Waals surface area contributed by atoms with E-state index in [0.717, 1.165) is 24.1 Å². The highest BCUT2D eigenvalue weighted by atomic mass is 16.5. The number of methoxy groups -OCH3 is 1. The van der Waals surface area contributed by atoms with Crippen LogP contribution in [0, 0.1) is 0 Å². The molecule has 1 atom stereocenters. The average molecular weight is 502 g/mol. The number of ether oxygens (including phenoxy) is 1. The smallest absolute Gasteiger partial charge is 0.275 e. The van der Waals surface area contributed by atoms with E-state index >= 15 is 0 Å². The van der Waals surface area contributed by atoms with Crippen LogP contribution in [0.25, 0.3) is 11.3 Å². The monoisotopic (exact) mass is 501 g/mol. The Morgan fingerprint density at radius 3 is 2.59 bits per heavy atom. The van der Waals surface area contributed by atoms with E-state index in [1.165, 1.54) is 19.3 Å². The van der Waals surface area contributed by atoms with Crippen molar-refractivity contribution in [3.8, 4) is 17.0 Å². The molecule has 2 N–H and O–H groups in total. The van der Waals surface area contributed by atoms with Crippen molar-refractivity contribution >= 4 is 11.8 Å². The van der Waals surface area contributed by atoms with Crippen LogP contribution in [-0.4, -0.2) is 65.6 Å². The van der Waals surface area contributed by atoms with Gasteiger partial charge in [0.05, 0.1) is 30.7 Å². The van der Waals surface area contributed by atoms with Crippen LogP contribution < -0.4 is 15.4 Å². The zero-order valence-electron chi connectivity index (χ0n) is 21.4. The lowest BCUT2D eigenvalue weighted by Crippen LogP contribution is -2.57. The van der Waals surface area contributed by atoms with Gasteiger partial charge in [-0.15, -0.1) is 0 Å². The van der Waals surface area contributed by atoms with Gasteiger partial charge in [-0.25, -0.2) is 4.98 Å². The minimum absolute atomic E-state index is 0.0912. The molecule has 2 heterocycles. The maximum absolute atomic E-state index is 14.0. The number of carbonyl (C=O) groups is 2.